The normalized spacial score (nSPS) is 10.6. The Balaban J connectivity index is 1.69. The molecule has 3 aromatic carbocycles. The molecule has 0 bridgehead atoms. The van der Waals surface area contributed by atoms with Gasteiger partial charge in [-0.25, -0.2) is 0 Å². The van der Waals surface area contributed by atoms with Crippen LogP contribution >= 0.6 is 22.6 Å². The van der Waals surface area contributed by atoms with Crippen molar-refractivity contribution in [1.29, 1.82) is 0 Å². The highest BCUT2D eigenvalue weighted by atomic mass is 127. The Morgan fingerprint density at radius 3 is 2.43 bits per heavy atom. The van der Waals surface area contributed by atoms with Crippen LogP contribution in [0.15, 0.2) is 77.8 Å². The highest BCUT2D eigenvalue weighted by molar-refractivity contribution is 14.1. The zero-order valence-electron chi connectivity index (χ0n) is 15.3. The number of rotatable bonds is 7. The Morgan fingerprint density at radius 2 is 1.75 bits per heavy atom. The van der Waals surface area contributed by atoms with Gasteiger partial charge in [-0.2, -0.15) is 0 Å². The fraction of sp³-hybridized carbons (Fsp3) is 0.0909. The molecule has 1 amide bonds. The summed E-state index contributed by atoms with van der Waals surface area (Å²) in [4.78, 5) is 16.6. The minimum atomic E-state index is -0.237. The number of carbonyl (C=O) groups is 1. The lowest BCUT2D eigenvalue weighted by molar-refractivity contribution is -0.118. The van der Waals surface area contributed by atoms with E-state index in [0.29, 0.717) is 11.5 Å². The molecule has 0 saturated heterocycles. The van der Waals surface area contributed by atoms with Gasteiger partial charge in [-0.15, -0.1) is 0 Å². The van der Waals surface area contributed by atoms with Gasteiger partial charge in [0.2, 0.25) is 0 Å². The summed E-state index contributed by atoms with van der Waals surface area (Å²) >= 11 is 2.16. The van der Waals surface area contributed by atoms with Crippen molar-refractivity contribution in [1.82, 2.24) is 0 Å². The standard InChI is InChI=1S/C22H19IN2O3/c1-27-20-13-16(14-24-17-8-4-2-5-9-17)12-19(23)22(20)28-15-21(26)25-18-10-6-3-7-11-18/h2-14H,15H2,1H3,(H,25,26). The minimum absolute atomic E-state index is 0.112. The summed E-state index contributed by atoms with van der Waals surface area (Å²) in [6, 6.07) is 22.7. The van der Waals surface area contributed by atoms with E-state index in [1.807, 2.05) is 72.8 Å². The molecule has 0 atom stereocenters. The number of nitrogens with zero attached hydrogens (tertiary/aromatic N) is 1. The molecule has 28 heavy (non-hydrogen) atoms. The molecule has 142 valence electrons. The van der Waals surface area contributed by atoms with Gasteiger partial charge in [0.25, 0.3) is 5.91 Å². The number of aliphatic imine (C=N–C) groups is 1. The fourth-order valence-electron chi connectivity index (χ4n) is 2.47. The third kappa shape index (κ3) is 5.56. The molecule has 0 aliphatic carbocycles. The molecule has 6 heteroatoms. The third-order valence-corrected chi connectivity index (χ3v) is 4.58. The number of nitrogens with one attached hydrogen (secondary N) is 1. The van der Waals surface area contributed by atoms with Gasteiger partial charge in [0, 0.05) is 11.9 Å². The van der Waals surface area contributed by atoms with E-state index in [-0.39, 0.29) is 12.5 Å². The molecule has 3 aromatic rings. The first kappa shape index (κ1) is 19.9. The summed E-state index contributed by atoms with van der Waals surface area (Å²) in [6.45, 7) is -0.112. The SMILES string of the molecule is COc1cc(C=Nc2ccccc2)cc(I)c1OCC(=O)Nc1ccccc1. The van der Waals surface area contributed by atoms with Crippen LogP contribution in [0.5, 0.6) is 11.5 Å². The molecule has 0 unspecified atom stereocenters. The predicted molar refractivity (Wildman–Crippen MR) is 120 cm³/mol. The van der Waals surface area contributed by atoms with Gasteiger partial charge in [0.1, 0.15) is 0 Å². The number of benzene rings is 3. The van der Waals surface area contributed by atoms with Crippen molar-refractivity contribution in [3.05, 3.63) is 81.9 Å². The van der Waals surface area contributed by atoms with Gasteiger partial charge < -0.3 is 14.8 Å². The van der Waals surface area contributed by atoms with Gasteiger partial charge in [-0.3, -0.25) is 9.79 Å². The molecule has 0 saturated carbocycles. The number of hydrogen-bond acceptors (Lipinski definition) is 4. The molecular formula is C22H19IN2O3. The highest BCUT2D eigenvalue weighted by Gasteiger charge is 2.13. The van der Waals surface area contributed by atoms with E-state index in [2.05, 4.69) is 32.9 Å². The number of carbonyl (C=O) groups excluding carboxylic acids is 1. The van der Waals surface area contributed by atoms with Crippen LogP contribution in [0.4, 0.5) is 11.4 Å². The number of para-hydroxylation sites is 2. The van der Waals surface area contributed by atoms with Gasteiger partial charge in [0.15, 0.2) is 18.1 Å². The van der Waals surface area contributed by atoms with Crippen molar-refractivity contribution < 1.29 is 14.3 Å². The lowest BCUT2D eigenvalue weighted by Crippen LogP contribution is -2.20. The minimum Gasteiger partial charge on any atom is -0.493 e. The highest BCUT2D eigenvalue weighted by Crippen LogP contribution is 2.33. The van der Waals surface area contributed by atoms with E-state index in [9.17, 15) is 4.79 Å². The van der Waals surface area contributed by atoms with Crippen molar-refractivity contribution in [2.45, 2.75) is 0 Å². The van der Waals surface area contributed by atoms with Crippen LogP contribution in [0, 0.1) is 3.57 Å². The largest absolute Gasteiger partial charge is 0.493 e. The number of anilines is 1. The summed E-state index contributed by atoms with van der Waals surface area (Å²) < 4.78 is 12.0. The topological polar surface area (TPSA) is 59.9 Å². The van der Waals surface area contributed by atoms with E-state index in [0.717, 1.165) is 20.5 Å². The number of amides is 1. The Morgan fingerprint density at radius 1 is 1.07 bits per heavy atom. The zero-order valence-corrected chi connectivity index (χ0v) is 17.4. The number of hydrogen-bond donors (Lipinski definition) is 1. The maximum atomic E-state index is 12.1. The molecule has 0 heterocycles. The molecule has 0 spiro atoms. The van der Waals surface area contributed by atoms with Crippen LogP contribution in [-0.2, 0) is 4.79 Å². The summed E-state index contributed by atoms with van der Waals surface area (Å²) in [6.07, 6.45) is 1.77. The van der Waals surface area contributed by atoms with Crippen molar-refractivity contribution in [3.63, 3.8) is 0 Å². The second-order valence-electron chi connectivity index (χ2n) is 5.83. The molecule has 0 fully saturated rings. The summed E-state index contributed by atoms with van der Waals surface area (Å²) in [5.41, 5.74) is 2.48. The maximum Gasteiger partial charge on any atom is 0.262 e. The third-order valence-electron chi connectivity index (χ3n) is 3.78. The molecule has 0 aliphatic rings. The molecule has 1 N–H and O–H groups in total. The molecule has 0 radical (unpaired) electrons. The summed E-state index contributed by atoms with van der Waals surface area (Å²) in [5, 5.41) is 2.79. The van der Waals surface area contributed by atoms with Crippen LogP contribution in [0.2, 0.25) is 0 Å². The summed E-state index contributed by atoms with van der Waals surface area (Å²) in [5.74, 6) is 0.843. The molecule has 5 nitrogen and oxygen atoms in total. The fourth-order valence-corrected chi connectivity index (χ4v) is 3.25. The Kier molecular flexibility index (Phi) is 7.02. The summed E-state index contributed by atoms with van der Waals surface area (Å²) in [7, 11) is 1.57. The Labute approximate surface area is 177 Å². The predicted octanol–water partition coefficient (Wildman–Crippen LogP) is 5.07. The van der Waals surface area contributed by atoms with Gasteiger partial charge in [-0.1, -0.05) is 36.4 Å². The molecule has 3 rings (SSSR count). The van der Waals surface area contributed by atoms with E-state index in [4.69, 9.17) is 9.47 Å². The number of halogens is 1. The van der Waals surface area contributed by atoms with E-state index >= 15 is 0 Å². The van der Waals surface area contributed by atoms with Crippen LogP contribution in [0.25, 0.3) is 0 Å². The first-order valence-corrected chi connectivity index (χ1v) is 9.68. The average Bonchev–Trinajstić information content (AvgIpc) is 2.72. The average molecular weight is 486 g/mol. The van der Waals surface area contributed by atoms with Gasteiger partial charge in [0.05, 0.1) is 16.4 Å². The second kappa shape index (κ2) is 9.89. The molecule has 0 aliphatic heterocycles. The zero-order chi connectivity index (χ0) is 19.8. The van der Waals surface area contributed by atoms with Crippen LogP contribution in [0.1, 0.15) is 5.56 Å². The van der Waals surface area contributed by atoms with E-state index < -0.39 is 0 Å². The lowest BCUT2D eigenvalue weighted by Gasteiger charge is -2.13. The van der Waals surface area contributed by atoms with E-state index in [1.165, 1.54) is 0 Å². The number of ether oxygens (including phenoxy) is 2. The van der Waals surface area contributed by atoms with E-state index in [1.54, 1.807) is 13.3 Å². The second-order valence-corrected chi connectivity index (χ2v) is 6.99. The first-order valence-electron chi connectivity index (χ1n) is 8.60. The van der Waals surface area contributed by atoms with Crippen LogP contribution in [-0.4, -0.2) is 25.8 Å². The quantitative estimate of drug-likeness (QED) is 0.375. The van der Waals surface area contributed by atoms with Crippen LogP contribution < -0.4 is 14.8 Å². The van der Waals surface area contributed by atoms with Gasteiger partial charge >= 0.3 is 0 Å². The smallest absolute Gasteiger partial charge is 0.262 e. The molecular weight excluding hydrogens is 467 g/mol. The van der Waals surface area contributed by atoms with Crippen molar-refractivity contribution in [3.8, 4) is 11.5 Å². The van der Waals surface area contributed by atoms with Gasteiger partial charge in [-0.05, 0) is 64.6 Å². The first-order chi connectivity index (χ1) is 13.7. The number of methoxy groups -OCH3 is 1. The maximum absolute atomic E-state index is 12.1. The lowest BCUT2D eigenvalue weighted by atomic mass is 10.2. The Bertz CT molecular complexity index is 960. The molecule has 0 aromatic heterocycles. The monoisotopic (exact) mass is 486 g/mol. The van der Waals surface area contributed by atoms with Crippen molar-refractivity contribution in [2.75, 3.05) is 19.0 Å². The Hall–Kier alpha value is -2.87. The van der Waals surface area contributed by atoms with Crippen molar-refractivity contribution >= 4 is 46.1 Å². The van der Waals surface area contributed by atoms with Crippen LogP contribution in [0.3, 0.4) is 0 Å². The van der Waals surface area contributed by atoms with Crippen molar-refractivity contribution in [2.24, 2.45) is 4.99 Å².